The Morgan fingerprint density at radius 2 is 2.12 bits per heavy atom. The van der Waals surface area contributed by atoms with E-state index in [9.17, 15) is 14.7 Å². The number of β-amino-alcohol motifs (C(OH)–C–C–N with tert-alkyl or cyclic N) is 1. The van der Waals surface area contributed by atoms with Crippen molar-refractivity contribution in [2.24, 2.45) is 0 Å². The van der Waals surface area contributed by atoms with E-state index in [-0.39, 0.29) is 25.3 Å². The van der Waals surface area contributed by atoms with Crippen LogP contribution >= 0.6 is 0 Å². The van der Waals surface area contributed by atoms with Crippen molar-refractivity contribution in [1.29, 1.82) is 0 Å². The highest BCUT2D eigenvalue weighted by molar-refractivity contribution is 5.84. The van der Waals surface area contributed by atoms with Crippen molar-refractivity contribution in [3.05, 3.63) is 0 Å². The number of aliphatic carboxylic acids is 1. The lowest BCUT2D eigenvalue weighted by atomic mass is 10.2. The van der Waals surface area contributed by atoms with Crippen LogP contribution < -0.4 is 5.32 Å². The number of amides is 1. The zero-order valence-electron chi connectivity index (χ0n) is 10.2. The number of hydrogen-bond donors (Lipinski definition) is 3. The molecule has 1 aliphatic rings. The van der Waals surface area contributed by atoms with Gasteiger partial charge in [0, 0.05) is 32.0 Å². The molecule has 1 amide bonds. The Morgan fingerprint density at radius 1 is 1.47 bits per heavy atom. The Labute approximate surface area is 101 Å². The van der Waals surface area contributed by atoms with Gasteiger partial charge in [0.1, 0.15) is 6.04 Å². The van der Waals surface area contributed by atoms with Crippen LogP contribution in [0.1, 0.15) is 26.7 Å². The molecule has 1 aliphatic heterocycles. The van der Waals surface area contributed by atoms with E-state index in [1.807, 2.05) is 13.8 Å². The lowest BCUT2D eigenvalue weighted by molar-refractivity contribution is -0.148. The highest BCUT2D eigenvalue weighted by Gasteiger charge is 2.38. The molecule has 1 heterocycles. The Morgan fingerprint density at radius 3 is 2.65 bits per heavy atom. The van der Waals surface area contributed by atoms with Crippen LogP contribution in [0, 0.1) is 0 Å². The first-order valence-electron chi connectivity index (χ1n) is 5.85. The van der Waals surface area contributed by atoms with Gasteiger partial charge < -0.3 is 20.4 Å². The monoisotopic (exact) mass is 244 g/mol. The number of carboxylic acids is 1. The van der Waals surface area contributed by atoms with Gasteiger partial charge >= 0.3 is 5.97 Å². The summed E-state index contributed by atoms with van der Waals surface area (Å²) in [5.74, 6) is -1.27. The zero-order chi connectivity index (χ0) is 13.0. The molecular formula is C11H20N2O4. The molecule has 17 heavy (non-hydrogen) atoms. The van der Waals surface area contributed by atoms with Crippen LogP contribution in [0.4, 0.5) is 0 Å². The van der Waals surface area contributed by atoms with Crippen LogP contribution in [-0.4, -0.2) is 58.3 Å². The van der Waals surface area contributed by atoms with Crippen LogP contribution in [0.5, 0.6) is 0 Å². The second-order valence-electron chi connectivity index (χ2n) is 4.65. The van der Waals surface area contributed by atoms with E-state index in [1.165, 1.54) is 4.90 Å². The van der Waals surface area contributed by atoms with Crippen LogP contribution in [-0.2, 0) is 9.59 Å². The molecule has 98 valence electrons. The van der Waals surface area contributed by atoms with Gasteiger partial charge in [-0.25, -0.2) is 4.79 Å². The average molecular weight is 244 g/mol. The second kappa shape index (κ2) is 5.97. The molecule has 0 spiro atoms. The molecule has 0 aromatic heterocycles. The van der Waals surface area contributed by atoms with Crippen molar-refractivity contribution in [2.75, 3.05) is 13.1 Å². The van der Waals surface area contributed by atoms with E-state index < -0.39 is 18.1 Å². The Hall–Kier alpha value is -1.14. The SMILES string of the molecule is CC(C)NCCC(=O)N1CC(O)C[C@H]1C(=O)O. The molecule has 1 fully saturated rings. The average Bonchev–Trinajstić information content (AvgIpc) is 2.59. The van der Waals surface area contributed by atoms with E-state index in [0.29, 0.717) is 12.6 Å². The van der Waals surface area contributed by atoms with Gasteiger partial charge in [-0.15, -0.1) is 0 Å². The number of rotatable bonds is 5. The summed E-state index contributed by atoms with van der Waals surface area (Å²) < 4.78 is 0. The summed E-state index contributed by atoms with van der Waals surface area (Å²) in [6.07, 6.45) is -0.342. The van der Waals surface area contributed by atoms with E-state index in [1.54, 1.807) is 0 Å². The highest BCUT2D eigenvalue weighted by Crippen LogP contribution is 2.18. The van der Waals surface area contributed by atoms with Gasteiger partial charge in [-0.1, -0.05) is 13.8 Å². The summed E-state index contributed by atoms with van der Waals surface area (Å²) in [6.45, 7) is 4.60. The third-order valence-electron chi connectivity index (χ3n) is 2.78. The molecule has 0 aromatic carbocycles. The topological polar surface area (TPSA) is 89.9 Å². The minimum atomic E-state index is -1.05. The van der Waals surface area contributed by atoms with Gasteiger partial charge in [0.2, 0.25) is 5.91 Å². The van der Waals surface area contributed by atoms with Crippen LogP contribution in [0.2, 0.25) is 0 Å². The molecule has 1 rings (SSSR count). The first-order valence-corrected chi connectivity index (χ1v) is 5.85. The van der Waals surface area contributed by atoms with Crippen molar-refractivity contribution < 1.29 is 19.8 Å². The van der Waals surface area contributed by atoms with Gasteiger partial charge in [-0.05, 0) is 0 Å². The molecule has 1 saturated heterocycles. The van der Waals surface area contributed by atoms with Crippen LogP contribution in [0.25, 0.3) is 0 Å². The molecule has 0 aromatic rings. The maximum absolute atomic E-state index is 11.8. The van der Waals surface area contributed by atoms with Crippen molar-refractivity contribution in [2.45, 2.75) is 44.9 Å². The summed E-state index contributed by atoms with van der Waals surface area (Å²) in [6, 6.07) is -0.584. The summed E-state index contributed by atoms with van der Waals surface area (Å²) in [5.41, 5.74) is 0. The number of nitrogens with one attached hydrogen (secondary N) is 1. The fraction of sp³-hybridized carbons (Fsp3) is 0.818. The fourth-order valence-electron chi connectivity index (χ4n) is 1.93. The number of aliphatic hydroxyl groups is 1. The minimum absolute atomic E-state index is 0.122. The Balaban J connectivity index is 2.47. The van der Waals surface area contributed by atoms with Gasteiger partial charge in [0.25, 0.3) is 0 Å². The van der Waals surface area contributed by atoms with Crippen molar-refractivity contribution >= 4 is 11.9 Å². The standard InChI is InChI=1S/C11H20N2O4/c1-7(2)12-4-3-10(15)13-6-8(14)5-9(13)11(16)17/h7-9,12,14H,3-6H2,1-2H3,(H,16,17)/t8?,9-/m0/s1. The Kier molecular flexibility index (Phi) is 4.89. The molecule has 2 atom stereocenters. The molecule has 0 bridgehead atoms. The molecule has 1 unspecified atom stereocenters. The smallest absolute Gasteiger partial charge is 0.326 e. The first-order chi connectivity index (χ1) is 7.91. The summed E-state index contributed by atoms with van der Waals surface area (Å²) in [7, 11) is 0. The largest absolute Gasteiger partial charge is 0.480 e. The summed E-state index contributed by atoms with van der Waals surface area (Å²) in [5, 5.41) is 21.4. The van der Waals surface area contributed by atoms with Gasteiger partial charge in [-0.3, -0.25) is 4.79 Å². The second-order valence-corrected chi connectivity index (χ2v) is 4.65. The molecule has 0 aliphatic carbocycles. The maximum Gasteiger partial charge on any atom is 0.326 e. The molecule has 6 nitrogen and oxygen atoms in total. The lowest BCUT2D eigenvalue weighted by Crippen LogP contribution is -2.41. The van der Waals surface area contributed by atoms with Crippen molar-refractivity contribution in [3.8, 4) is 0 Å². The maximum atomic E-state index is 11.8. The molecular weight excluding hydrogens is 224 g/mol. The summed E-state index contributed by atoms with van der Waals surface area (Å²) in [4.78, 5) is 24.0. The number of aliphatic hydroxyl groups excluding tert-OH is 1. The number of hydrogen-bond acceptors (Lipinski definition) is 4. The predicted molar refractivity (Wildman–Crippen MR) is 61.5 cm³/mol. The van der Waals surface area contributed by atoms with E-state index in [0.717, 1.165) is 0 Å². The molecule has 3 N–H and O–H groups in total. The fourth-order valence-corrected chi connectivity index (χ4v) is 1.93. The first kappa shape index (κ1) is 13.9. The quantitative estimate of drug-likeness (QED) is 0.602. The normalized spacial score (nSPS) is 24.4. The summed E-state index contributed by atoms with van der Waals surface area (Å²) >= 11 is 0. The van der Waals surface area contributed by atoms with Crippen molar-refractivity contribution in [1.82, 2.24) is 10.2 Å². The van der Waals surface area contributed by atoms with Crippen LogP contribution in [0.15, 0.2) is 0 Å². The number of carboxylic acid groups (broad SMARTS) is 1. The van der Waals surface area contributed by atoms with Gasteiger partial charge in [0.05, 0.1) is 6.10 Å². The number of carbonyl (C=O) groups excluding carboxylic acids is 1. The predicted octanol–water partition coefficient (Wildman–Crippen LogP) is -0.579. The zero-order valence-corrected chi connectivity index (χ0v) is 10.2. The van der Waals surface area contributed by atoms with E-state index in [2.05, 4.69) is 5.32 Å². The Bertz CT molecular complexity index is 293. The number of carbonyl (C=O) groups is 2. The third kappa shape index (κ3) is 3.98. The highest BCUT2D eigenvalue weighted by atomic mass is 16.4. The van der Waals surface area contributed by atoms with Gasteiger partial charge in [0.15, 0.2) is 0 Å². The molecule has 6 heteroatoms. The molecule has 0 saturated carbocycles. The lowest BCUT2D eigenvalue weighted by Gasteiger charge is -2.21. The third-order valence-corrected chi connectivity index (χ3v) is 2.78. The number of nitrogens with zero attached hydrogens (tertiary/aromatic N) is 1. The van der Waals surface area contributed by atoms with Crippen molar-refractivity contribution in [3.63, 3.8) is 0 Å². The van der Waals surface area contributed by atoms with E-state index in [4.69, 9.17) is 5.11 Å². The minimum Gasteiger partial charge on any atom is -0.480 e. The van der Waals surface area contributed by atoms with E-state index >= 15 is 0 Å². The van der Waals surface area contributed by atoms with Crippen LogP contribution in [0.3, 0.4) is 0 Å². The van der Waals surface area contributed by atoms with Gasteiger partial charge in [-0.2, -0.15) is 0 Å². The molecule has 0 radical (unpaired) electrons. The number of likely N-dealkylation sites (tertiary alicyclic amines) is 1.